The van der Waals surface area contributed by atoms with E-state index in [0.717, 1.165) is 19.5 Å². The third kappa shape index (κ3) is 2.76. The van der Waals surface area contributed by atoms with E-state index in [0.29, 0.717) is 0 Å². The summed E-state index contributed by atoms with van der Waals surface area (Å²) in [5.41, 5.74) is 3.67. The van der Waals surface area contributed by atoms with Gasteiger partial charge in [-0.3, -0.25) is 4.98 Å². The second-order valence-corrected chi connectivity index (χ2v) is 13.7. The molecule has 0 fully saturated rings. The number of nitrogens with zero attached hydrogens (tertiary/aromatic N) is 1. The number of hydrogen-bond donors (Lipinski definition) is 0. The summed E-state index contributed by atoms with van der Waals surface area (Å²) in [6, 6.07) is 4.30. The van der Waals surface area contributed by atoms with Crippen molar-refractivity contribution in [3.05, 3.63) is 29.6 Å². The zero-order valence-electron chi connectivity index (χ0n) is 8.85. The van der Waals surface area contributed by atoms with Crippen molar-refractivity contribution in [2.75, 3.05) is 0 Å². The molecule has 1 nitrogen and oxygen atoms in total. The van der Waals surface area contributed by atoms with Crippen molar-refractivity contribution in [3.63, 3.8) is 0 Å². The summed E-state index contributed by atoms with van der Waals surface area (Å²) in [5, 5.41) is 0. The molecule has 82 valence electrons. The fraction of sp³-hybridized carbons (Fsp3) is 0.500. The van der Waals surface area contributed by atoms with Crippen LogP contribution in [-0.4, -0.2) is 10.6 Å². The van der Waals surface area contributed by atoms with Crippen LogP contribution in [-0.2, 0) is 12.8 Å². The molecule has 1 heterocycles. The first kappa shape index (κ1) is 12.3. The molecule has 0 aliphatic heterocycles. The van der Waals surface area contributed by atoms with Crippen molar-refractivity contribution in [2.45, 2.75) is 25.4 Å². The van der Waals surface area contributed by atoms with Crippen molar-refractivity contribution in [2.24, 2.45) is 5.92 Å². The maximum absolute atomic E-state index is 4.52. The lowest BCUT2D eigenvalue weighted by atomic mass is 9.87. The van der Waals surface area contributed by atoms with E-state index >= 15 is 0 Å². The molecule has 0 amide bonds. The molecule has 0 spiro atoms. The molecular weight excluding hydrogens is 258 g/mol. The summed E-state index contributed by atoms with van der Waals surface area (Å²) in [4.78, 5) is 4.52. The molecule has 1 aliphatic rings. The molecule has 0 saturated heterocycles. The Labute approximate surface area is 99.2 Å². The molecule has 2 rings (SSSR count). The van der Waals surface area contributed by atoms with Gasteiger partial charge in [-0.15, -0.1) is 17.9 Å². The van der Waals surface area contributed by atoms with Crippen LogP contribution in [0.3, 0.4) is 0 Å². The molecule has 0 N–H and O–H groups in total. The minimum atomic E-state index is 0.107. The predicted molar refractivity (Wildman–Crippen MR) is 79.3 cm³/mol. The van der Waals surface area contributed by atoms with E-state index in [1.165, 1.54) is 24.1 Å². The Balaban J connectivity index is 2.22. The molecule has 1 aromatic rings. The third-order valence-corrected chi connectivity index (χ3v) is 14.5. The monoisotopic (exact) mass is 275 g/mol. The van der Waals surface area contributed by atoms with Gasteiger partial charge in [-0.25, -0.2) is 0 Å². The van der Waals surface area contributed by atoms with E-state index < -0.39 is 0 Å². The molecule has 0 bridgehead atoms. The van der Waals surface area contributed by atoms with Crippen molar-refractivity contribution < 1.29 is 0 Å². The lowest BCUT2D eigenvalue weighted by Gasteiger charge is -2.33. The fourth-order valence-electron chi connectivity index (χ4n) is 2.19. The largest absolute Gasteiger partial charge is 0.261 e. The predicted octanol–water partition coefficient (Wildman–Crippen LogP) is 3.84. The van der Waals surface area contributed by atoms with E-state index in [2.05, 4.69) is 41.9 Å². The summed E-state index contributed by atoms with van der Waals surface area (Å²) in [6.45, 7) is 2.39. The molecule has 0 aromatic carbocycles. The summed E-state index contributed by atoms with van der Waals surface area (Å²) >= 11 is 0. The third-order valence-electron chi connectivity index (χ3n) is 3.09. The van der Waals surface area contributed by atoms with Gasteiger partial charge < -0.3 is 0 Å². The second-order valence-electron chi connectivity index (χ2n) is 4.10. The molecule has 1 aromatic heterocycles. The minimum absolute atomic E-state index is 0.107. The molecule has 4 unspecified atom stereocenters. The van der Waals surface area contributed by atoms with E-state index in [4.69, 9.17) is 0 Å². The number of aromatic nitrogens is 1. The second kappa shape index (κ2) is 5.47. The Bertz CT molecular complexity index is 344. The molecule has 0 radical (unpaired) electrons. The van der Waals surface area contributed by atoms with Gasteiger partial charge in [0.15, 0.2) is 0 Å². The van der Waals surface area contributed by atoms with Gasteiger partial charge in [0.2, 0.25) is 0 Å². The van der Waals surface area contributed by atoms with Crippen molar-refractivity contribution in [3.8, 4) is 0 Å². The summed E-state index contributed by atoms with van der Waals surface area (Å²) in [6.07, 6.45) is 4.34. The normalized spacial score (nSPS) is 27.9. The van der Waals surface area contributed by atoms with E-state index in [1.54, 1.807) is 0 Å². The van der Waals surface area contributed by atoms with Crippen LogP contribution in [0, 0.1) is 5.92 Å². The number of pyridine rings is 1. The summed E-state index contributed by atoms with van der Waals surface area (Å²) in [5.74, 6) is 0.818. The Morgan fingerprint density at radius 3 is 3.07 bits per heavy atom. The van der Waals surface area contributed by atoms with E-state index in [9.17, 15) is 0 Å². The van der Waals surface area contributed by atoms with Gasteiger partial charge in [0, 0.05) is 11.9 Å². The first-order valence-electron chi connectivity index (χ1n) is 5.15. The highest BCUT2D eigenvalue weighted by atomic mass is 32.6. The van der Waals surface area contributed by atoms with Crippen LogP contribution < -0.4 is 0 Å². The number of rotatable bonds is 2. The highest BCUT2D eigenvalue weighted by molar-refractivity contribution is 8.61. The quantitative estimate of drug-likeness (QED) is 0.747. The SMILES string of the molecule is C[C@H]1Cc2cccnc2C[C@@H]1P(P)PP. The van der Waals surface area contributed by atoms with Gasteiger partial charge >= 0.3 is 0 Å². The number of hydrogen-bond acceptors (Lipinski definition) is 1. The lowest BCUT2D eigenvalue weighted by molar-refractivity contribution is 0.507. The lowest BCUT2D eigenvalue weighted by Crippen LogP contribution is -2.25. The highest BCUT2D eigenvalue weighted by Crippen LogP contribution is 2.71. The van der Waals surface area contributed by atoms with Crippen LogP contribution in [0.1, 0.15) is 18.2 Å². The van der Waals surface area contributed by atoms with Crippen LogP contribution >= 0.6 is 33.1 Å². The van der Waals surface area contributed by atoms with Crippen LogP contribution in [0.15, 0.2) is 18.3 Å². The van der Waals surface area contributed by atoms with Crippen molar-refractivity contribution in [1.29, 1.82) is 0 Å². The van der Waals surface area contributed by atoms with Crippen LogP contribution in [0.2, 0.25) is 0 Å². The van der Waals surface area contributed by atoms with Crippen LogP contribution in [0.5, 0.6) is 0 Å². The maximum atomic E-state index is 4.52. The fourth-order valence-corrected chi connectivity index (χ4v) is 7.94. The van der Waals surface area contributed by atoms with Crippen LogP contribution in [0.4, 0.5) is 0 Å². The van der Waals surface area contributed by atoms with Gasteiger partial charge in [-0.2, -0.15) is 0 Å². The topological polar surface area (TPSA) is 12.9 Å². The van der Waals surface area contributed by atoms with Gasteiger partial charge in [-0.1, -0.05) is 28.2 Å². The molecule has 6 atom stereocenters. The smallest absolute Gasteiger partial charge is 0.0442 e. The van der Waals surface area contributed by atoms with Crippen molar-refractivity contribution in [1.82, 2.24) is 4.98 Å². The minimum Gasteiger partial charge on any atom is -0.261 e. The van der Waals surface area contributed by atoms with Gasteiger partial charge in [-0.05, 0) is 36.0 Å². The molecular formula is C10H17NP4. The molecule has 1 aliphatic carbocycles. The highest BCUT2D eigenvalue weighted by Gasteiger charge is 2.29. The standard InChI is InChI=1S/C10H17NP4/c1-7-5-8-3-2-4-11-9(8)6-10(7)15(13)14-12/h2-4,7,10,14H,5-6,12-13H2,1H3/t7-,10-,15?/m0/s1. The van der Waals surface area contributed by atoms with E-state index in [-0.39, 0.29) is 7.30 Å². The maximum Gasteiger partial charge on any atom is 0.0442 e. The molecule has 0 saturated carbocycles. The van der Waals surface area contributed by atoms with Crippen LogP contribution in [0.25, 0.3) is 0 Å². The Hall–Kier alpha value is 0.870. The van der Waals surface area contributed by atoms with Gasteiger partial charge in [0.25, 0.3) is 0 Å². The van der Waals surface area contributed by atoms with Gasteiger partial charge in [0.1, 0.15) is 0 Å². The van der Waals surface area contributed by atoms with Crippen molar-refractivity contribution >= 4 is 33.1 Å². The summed E-state index contributed by atoms with van der Waals surface area (Å²) in [7, 11) is 7.09. The first-order chi connectivity index (χ1) is 7.22. The average Bonchev–Trinajstić information content (AvgIpc) is 2.27. The van der Waals surface area contributed by atoms with E-state index in [1.807, 2.05) is 6.20 Å². The zero-order chi connectivity index (χ0) is 10.8. The summed E-state index contributed by atoms with van der Waals surface area (Å²) < 4.78 is 0. The Morgan fingerprint density at radius 1 is 1.53 bits per heavy atom. The Morgan fingerprint density at radius 2 is 2.33 bits per heavy atom. The number of fused-ring (bicyclic) bond motifs is 1. The Kier molecular flexibility index (Phi) is 4.50. The average molecular weight is 275 g/mol. The molecule has 5 heteroatoms. The first-order valence-corrected chi connectivity index (χ1v) is 11.8. The zero-order valence-corrected chi connectivity index (χ0v) is 13.1. The van der Waals surface area contributed by atoms with Gasteiger partial charge in [0.05, 0.1) is 0 Å². The molecule has 15 heavy (non-hydrogen) atoms.